The molecule has 2 rings (SSSR count). The van der Waals surface area contributed by atoms with Crippen molar-refractivity contribution >= 4 is 23.4 Å². The maximum Gasteiger partial charge on any atom is 0.417 e. The highest BCUT2D eigenvalue weighted by Gasteiger charge is 2.44. The summed E-state index contributed by atoms with van der Waals surface area (Å²) in [5, 5.41) is 9.20. The van der Waals surface area contributed by atoms with E-state index in [-0.39, 0.29) is 17.4 Å². The predicted molar refractivity (Wildman–Crippen MR) is 71.4 cm³/mol. The van der Waals surface area contributed by atoms with E-state index in [1.54, 1.807) is 11.8 Å². The van der Waals surface area contributed by atoms with Crippen LogP contribution in [0.15, 0.2) is 12.3 Å². The van der Waals surface area contributed by atoms with E-state index in [1.165, 1.54) is 0 Å². The van der Waals surface area contributed by atoms with Gasteiger partial charge in [0.05, 0.1) is 16.0 Å². The quantitative estimate of drug-likeness (QED) is 0.926. The average molecular weight is 323 g/mol. The molecule has 1 atom stereocenters. The van der Waals surface area contributed by atoms with Crippen molar-refractivity contribution in [2.75, 3.05) is 18.0 Å². The van der Waals surface area contributed by atoms with Gasteiger partial charge in [-0.3, -0.25) is 4.79 Å². The highest BCUT2D eigenvalue weighted by Crippen LogP contribution is 2.39. The average Bonchev–Trinajstić information content (AvgIpc) is 2.83. The number of hydrogen-bond acceptors (Lipinski definition) is 3. The van der Waals surface area contributed by atoms with Crippen LogP contribution >= 0.6 is 11.6 Å². The molecule has 0 aliphatic carbocycles. The Labute approximate surface area is 124 Å². The van der Waals surface area contributed by atoms with E-state index >= 15 is 0 Å². The molecule has 0 aromatic carbocycles. The number of carboxylic acids is 1. The number of halogens is 4. The van der Waals surface area contributed by atoms with Crippen molar-refractivity contribution in [1.82, 2.24) is 4.98 Å². The number of nitrogens with zero attached hydrogens (tertiary/aromatic N) is 2. The van der Waals surface area contributed by atoms with Crippen molar-refractivity contribution in [2.24, 2.45) is 5.41 Å². The predicted octanol–water partition coefficient (Wildman–Crippen LogP) is 3.44. The SMILES string of the molecule is CCC1(C(=O)O)CCN(c2ncc(C(F)(F)F)cc2Cl)C1. The molecule has 1 saturated heterocycles. The normalized spacial score (nSPS) is 22.6. The Bertz CT molecular complexity index is 565. The zero-order valence-corrected chi connectivity index (χ0v) is 12.0. The van der Waals surface area contributed by atoms with Crippen molar-refractivity contribution in [2.45, 2.75) is 25.9 Å². The smallest absolute Gasteiger partial charge is 0.417 e. The Morgan fingerprint density at radius 1 is 1.57 bits per heavy atom. The van der Waals surface area contributed by atoms with Crippen LogP contribution in [0.1, 0.15) is 25.3 Å². The molecule has 0 spiro atoms. The first kappa shape index (κ1) is 15.9. The number of pyridine rings is 1. The van der Waals surface area contributed by atoms with E-state index in [1.807, 2.05) is 0 Å². The molecule has 8 heteroatoms. The minimum absolute atomic E-state index is 0.123. The van der Waals surface area contributed by atoms with Gasteiger partial charge >= 0.3 is 12.1 Å². The molecule has 0 amide bonds. The molecule has 1 aliphatic rings. The van der Waals surface area contributed by atoms with E-state index in [2.05, 4.69) is 4.98 Å². The molecule has 116 valence electrons. The van der Waals surface area contributed by atoms with Crippen LogP contribution in [0.5, 0.6) is 0 Å². The zero-order valence-electron chi connectivity index (χ0n) is 11.2. The molecule has 0 bridgehead atoms. The standard InChI is InChI=1S/C13H14ClF3N2O2/c1-2-12(11(20)21)3-4-19(7-12)10-9(14)5-8(6-18-10)13(15,16)17/h5-6H,2-4,7H2,1H3,(H,20,21). The molecule has 2 heterocycles. The molecular formula is C13H14ClF3N2O2. The first-order valence-corrected chi connectivity index (χ1v) is 6.78. The molecule has 0 saturated carbocycles. The van der Waals surface area contributed by atoms with Crippen molar-refractivity contribution in [3.05, 3.63) is 22.8 Å². The highest BCUT2D eigenvalue weighted by molar-refractivity contribution is 6.33. The van der Waals surface area contributed by atoms with Crippen molar-refractivity contribution < 1.29 is 23.1 Å². The molecule has 1 unspecified atom stereocenters. The lowest BCUT2D eigenvalue weighted by molar-refractivity contribution is -0.147. The summed E-state index contributed by atoms with van der Waals surface area (Å²) in [7, 11) is 0. The lowest BCUT2D eigenvalue weighted by Crippen LogP contribution is -2.34. The summed E-state index contributed by atoms with van der Waals surface area (Å²) in [4.78, 5) is 16.8. The van der Waals surface area contributed by atoms with Crippen molar-refractivity contribution in [3.8, 4) is 0 Å². The van der Waals surface area contributed by atoms with Gasteiger partial charge in [0.15, 0.2) is 0 Å². The minimum atomic E-state index is -4.51. The summed E-state index contributed by atoms with van der Waals surface area (Å²) < 4.78 is 37.7. The number of rotatable bonds is 3. The highest BCUT2D eigenvalue weighted by atomic mass is 35.5. The van der Waals surface area contributed by atoms with E-state index in [4.69, 9.17) is 11.6 Å². The number of carbonyl (C=O) groups is 1. The summed E-state index contributed by atoms with van der Waals surface area (Å²) in [5.74, 6) is -0.711. The van der Waals surface area contributed by atoms with Gasteiger partial charge in [0.1, 0.15) is 5.82 Å². The van der Waals surface area contributed by atoms with Crippen molar-refractivity contribution in [3.63, 3.8) is 0 Å². The van der Waals surface area contributed by atoms with Crippen LogP contribution < -0.4 is 4.90 Å². The largest absolute Gasteiger partial charge is 0.481 e. The fourth-order valence-corrected chi connectivity index (χ4v) is 2.77. The molecular weight excluding hydrogens is 309 g/mol. The third-order valence-corrected chi connectivity index (χ3v) is 4.21. The van der Waals surface area contributed by atoms with E-state index in [0.717, 1.165) is 6.07 Å². The Hall–Kier alpha value is -1.50. The third-order valence-electron chi connectivity index (χ3n) is 3.93. The van der Waals surface area contributed by atoms with Crippen LogP contribution in [-0.4, -0.2) is 29.1 Å². The van der Waals surface area contributed by atoms with E-state index < -0.39 is 23.1 Å². The van der Waals surface area contributed by atoms with Gasteiger partial charge in [-0.25, -0.2) is 4.98 Å². The van der Waals surface area contributed by atoms with Crippen LogP contribution in [0, 0.1) is 5.41 Å². The molecule has 1 aromatic rings. The van der Waals surface area contributed by atoms with Crippen LogP contribution in [0.2, 0.25) is 5.02 Å². The van der Waals surface area contributed by atoms with Gasteiger partial charge in [0.25, 0.3) is 0 Å². The van der Waals surface area contributed by atoms with E-state index in [9.17, 15) is 23.1 Å². The van der Waals surface area contributed by atoms with Gasteiger partial charge in [-0.15, -0.1) is 0 Å². The first-order valence-electron chi connectivity index (χ1n) is 6.41. The summed E-state index contributed by atoms with van der Waals surface area (Å²) in [5.41, 5.74) is -1.82. The third kappa shape index (κ3) is 2.92. The van der Waals surface area contributed by atoms with Crippen LogP contribution in [0.4, 0.5) is 19.0 Å². The molecule has 1 fully saturated rings. The van der Waals surface area contributed by atoms with Gasteiger partial charge in [-0.1, -0.05) is 18.5 Å². The first-order chi connectivity index (χ1) is 9.69. The minimum Gasteiger partial charge on any atom is -0.481 e. The Morgan fingerprint density at radius 2 is 2.24 bits per heavy atom. The van der Waals surface area contributed by atoms with Crippen LogP contribution in [-0.2, 0) is 11.0 Å². The van der Waals surface area contributed by atoms with Gasteiger partial charge in [0, 0.05) is 19.3 Å². The second kappa shape index (κ2) is 5.36. The number of anilines is 1. The Balaban J connectivity index is 2.27. The maximum atomic E-state index is 12.6. The fourth-order valence-electron chi connectivity index (χ4n) is 2.49. The summed E-state index contributed by atoms with van der Waals surface area (Å²) in [6, 6.07) is 0.816. The number of aromatic nitrogens is 1. The van der Waals surface area contributed by atoms with Gasteiger partial charge in [-0.2, -0.15) is 13.2 Å². The molecule has 0 radical (unpaired) electrons. The van der Waals surface area contributed by atoms with Crippen molar-refractivity contribution in [1.29, 1.82) is 0 Å². The van der Waals surface area contributed by atoms with Gasteiger partial charge in [0.2, 0.25) is 0 Å². The molecule has 21 heavy (non-hydrogen) atoms. The summed E-state index contributed by atoms with van der Waals surface area (Å²) in [6.45, 7) is 2.37. The Morgan fingerprint density at radius 3 is 2.67 bits per heavy atom. The van der Waals surface area contributed by atoms with Crippen LogP contribution in [0.25, 0.3) is 0 Å². The molecule has 4 nitrogen and oxygen atoms in total. The van der Waals surface area contributed by atoms with Gasteiger partial charge < -0.3 is 10.0 Å². The number of hydrogen-bond donors (Lipinski definition) is 1. The maximum absolute atomic E-state index is 12.6. The number of carboxylic acid groups (broad SMARTS) is 1. The van der Waals surface area contributed by atoms with Gasteiger partial charge in [-0.05, 0) is 18.9 Å². The summed E-state index contributed by atoms with van der Waals surface area (Å²) >= 11 is 5.88. The van der Waals surface area contributed by atoms with Crippen LogP contribution in [0.3, 0.4) is 0 Å². The zero-order chi connectivity index (χ0) is 15.8. The molecule has 1 N–H and O–H groups in total. The molecule has 1 aliphatic heterocycles. The topological polar surface area (TPSA) is 53.4 Å². The second-order valence-corrected chi connectivity index (χ2v) is 5.54. The summed E-state index contributed by atoms with van der Waals surface area (Å²) in [6.07, 6.45) is -2.93. The van der Waals surface area contributed by atoms with E-state index in [0.29, 0.717) is 25.6 Å². The Kier molecular flexibility index (Phi) is 4.06. The fraction of sp³-hybridized carbons (Fsp3) is 0.538. The number of alkyl halides is 3. The second-order valence-electron chi connectivity index (χ2n) is 5.14. The monoisotopic (exact) mass is 322 g/mol. The number of aliphatic carboxylic acids is 1. The lowest BCUT2D eigenvalue weighted by atomic mass is 9.84. The lowest BCUT2D eigenvalue weighted by Gasteiger charge is -2.24. The molecule has 1 aromatic heterocycles.